The van der Waals surface area contributed by atoms with Crippen molar-refractivity contribution in [2.75, 3.05) is 13.6 Å². The molecule has 0 spiro atoms. The van der Waals surface area contributed by atoms with Crippen LogP contribution in [0, 0.1) is 24.7 Å². The second-order valence-corrected chi connectivity index (χ2v) is 17.3. The van der Waals surface area contributed by atoms with Crippen LogP contribution in [-0.2, 0) is 36.9 Å². The fraction of sp³-hybridized carbons (Fsp3) is 0.556. The number of carbonyl (C=O) groups excluding carboxylic acids is 4. The van der Waals surface area contributed by atoms with Crippen molar-refractivity contribution in [3.8, 4) is 0 Å². The van der Waals surface area contributed by atoms with E-state index in [1.165, 1.54) is 18.3 Å². The van der Waals surface area contributed by atoms with Gasteiger partial charge in [-0.15, -0.1) is 11.3 Å². The maximum absolute atomic E-state index is 15.0. The van der Waals surface area contributed by atoms with Gasteiger partial charge in [0.15, 0.2) is 6.10 Å². The van der Waals surface area contributed by atoms with E-state index in [0.717, 1.165) is 42.5 Å². The number of esters is 1. The molecule has 13 heteroatoms. The molecule has 1 aliphatic heterocycles. The Balaban J connectivity index is 1.64. The zero-order valence-electron chi connectivity index (χ0n) is 35.4. The van der Waals surface area contributed by atoms with Gasteiger partial charge in [-0.1, -0.05) is 108 Å². The number of amides is 3. The quantitative estimate of drug-likeness (QED) is 0.103. The molecule has 1 fully saturated rings. The van der Waals surface area contributed by atoms with Gasteiger partial charge in [-0.05, 0) is 69.2 Å². The van der Waals surface area contributed by atoms with Crippen LogP contribution in [-0.4, -0.2) is 87.3 Å². The summed E-state index contributed by atoms with van der Waals surface area (Å²) in [6, 6.07) is 15.6. The zero-order valence-corrected chi connectivity index (χ0v) is 36.2. The first-order chi connectivity index (χ1) is 27.6. The van der Waals surface area contributed by atoms with Gasteiger partial charge in [0.1, 0.15) is 16.7 Å². The first-order valence-electron chi connectivity index (χ1n) is 20.6. The van der Waals surface area contributed by atoms with Gasteiger partial charge >= 0.3 is 11.9 Å². The summed E-state index contributed by atoms with van der Waals surface area (Å²) in [5.41, 5.74) is 3.10. The molecule has 7 unspecified atom stereocenters. The minimum Gasteiger partial charge on any atom is -0.481 e. The number of aryl methyl sites for hydroxylation is 1. The molecule has 3 N–H and O–H groups in total. The van der Waals surface area contributed by atoms with Gasteiger partial charge in [0.25, 0.3) is 5.91 Å². The Kier molecular flexibility index (Phi) is 17.4. The van der Waals surface area contributed by atoms with E-state index >= 15 is 0 Å². The second-order valence-electron chi connectivity index (χ2n) is 16.4. The van der Waals surface area contributed by atoms with Gasteiger partial charge < -0.3 is 25.4 Å². The van der Waals surface area contributed by atoms with Crippen molar-refractivity contribution in [3.05, 3.63) is 87.4 Å². The third kappa shape index (κ3) is 13.2. The van der Waals surface area contributed by atoms with E-state index in [1.807, 2.05) is 101 Å². The first kappa shape index (κ1) is 46.1. The molecule has 316 valence electrons. The second kappa shape index (κ2) is 21.9. The molecule has 58 heavy (non-hydrogen) atoms. The summed E-state index contributed by atoms with van der Waals surface area (Å²) in [6.07, 6.45) is 3.36. The number of thiazole rings is 1. The molecule has 0 aliphatic carbocycles. The number of hydrogen-bond donors (Lipinski definition) is 3. The van der Waals surface area contributed by atoms with Crippen LogP contribution in [0.5, 0.6) is 0 Å². The number of aliphatic carboxylic acids is 1. The molecule has 1 aliphatic rings. The number of carboxylic acid groups (broad SMARTS) is 1. The minimum atomic E-state index is -0.947. The van der Waals surface area contributed by atoms with Gasteiger partial charge in [-0.25, -0.2) is 4.98 Å². The molecule has 1 aromatic heterocycles. The highest BCUT2D eigenvalue weighted by Gasteiger charge is 2.39. The molecule has 0 bridgehead atoms. The molecule has 4 rings (SSSR count). The molecule has 1 saturated heterocycles. The van der Waals surface area contributed by atoms with Crippen molar-refractivity contribution < 1.29 is 33.8 Å². The summed E-state index contributed by atoms with van der Waals surface area (Å²) < 4.78 is 5.92. The summed E-state index contributed by atoms with van der Waals surface area (Å²) in [7, 11) is 1.95. The van der Waals surface area contributed by atoms with Crippen molar-refractivity contribution in [1.29, 1.82) is 0 Å². The van der Waals surface area contributed by atoms with Crippen molar-refractivity contribution in [1.82, 2.24) is 25.4 Å². The lowest BCUT2D eigenvalue weighted by molar-refractivity contribution is -0.150. The standard InChI is InChI=1S/C45H63N5O7S/c1-9-30(5)40(48-42(53)37-17-13-14-22-49(37)8)44(54)50(26-34-15-11-10-12-16-34)38(28(2)3)25-39(57-32(7)51)43-47-36(27-58-43)41(52)46-35(23-31(6)45(55)56)24-33-20-18-29(4)19-21-33/h10-12,15-16,18-21,27-28,30-31,35,37-40H,9,13-14,17,22-26H2,1-8H3,(H,46,52)(H,48,53)(H,55,56). The van der Waals surface area contributed by atoms with Crippen molar-refractivity contribution in [2.24, 2.45) is 17.8 Å². The van der Waals surface area contributed by atoms with Gasteiger partial charge in [-0.3, -0.25) is 28.9 Å². The summed E-state index contributed by atoms with van der Waals surface area (Å²) >= 11 is 1.19. The highest BCUT2D eigenvalue weighted by molar-refractivity contribution is 7.09. The number of carboxylic acids is 1. The first-order valence-corrected chi connectivity index (χ1v) is 21.5. The molecular weight excluding hydrogens is 755 g/mol. The Hall–Kier alpha value is -4.62. The number of benzene rings is 2. The molecule has 2 aromatic carbocycles. The van der Waals surface area contributed by atoms with E-state index in [0.29, 0.717) is 17.8 Å². The third-order valence-corrected chi connectivity index (χ3v) is 12.2. The zero-order chi connectivity index (χ0) is 42.5. The van der Waals surface area contributed by atoms with Crippen LogP contribution in [0.25, 0.3) is 0 Å². The summed E-state index contributed by atoms with van der Waals surface area (Å²) in [5, 5.41) is 17.8. The van der Waals surface area contributed by atoms with Crippen molar-refractivity contribution in [2.45, 2.75) is 130 Å². The molecule has 2 heterocycles. The Morgan fingerprint density at radius 1 is 0.966 bits per heavy atom. The van der Waals surface area contributed by atoms with Crippen LogP contribution in [0.4, 0.5) is 0 Å². The maximum Gasteiger partial charge on any atom is 0.306 e. The molecule has 3 aromatic rings. The smallest absolute Gasteiger partial charge is 0.306 e. The van der Waals surface area contributed by atoms with E-state index in [-0.39, 0.29) is 54.8 Å². The van der Waals surface area contributed by atoms with Gasteiger partial charge in [0.2, 0.25) is 11.8 Å². The van der Waals surface area contributed by atoms with Gasteiger partial charge in [-0.2, -0.15) is 0 Å². The fourth-order valence-corrected chi connectivity index (χ4v) is 8.40. The van der Waals surface area contributed by atoms with E-state index in [9.17, 15) is 29.1 Å². The van der Waals surface area contributed by atoms with Crippen LogP contribution < -0.4 is 10.6 Å². The highest BCUT2D eigenvalue weighted by atomic mass is 32.1. The van der Waals surface area contributed by atoms with Gasteiger partial charge in [0.05, 0.1) is 12.0 Å². The monoisotopic (exact) mass is 817 g/mol. The summed E-state index contributed by atoms with van der Waals surface area (Å²) in [6.45, 7) is 14.0. The van der Waals surface area contributed by atoms with Crippen LogP contribution >= 0.6 is 11.3 Å². The van der Waals surface area contributed by atoms with E-state index in [2.05, 4.69) is 20.5 Å². The number of carbonyl (C=O) groups is 5. The number of aromatic nitrogens is 1. The SMILES string of the molecule is CCC(C)C(NC(=O)C1CCCCN1C)C(=O)N(Cc1ccccc1)C(CC(OC(C)=O)c1nc(C(=O)NC(Cc2ccc(C)cc2)CC(C)C(=O)O)cs1)C(C)C. The predicted octanol–water partition coefficient (Wildman–Crippen LogP) is 6.97. The fourth-order valence-electron chi connectivity index (χ4n) is 7.56. The minimum absolute atomic E-state index is 0.107. The lowest BCUT2D eigenvalue weighted by atomic mass is 9.91. The number of likely N-dealkylation sites (tertiary alicyclic amines) is 1. The highest BCUT2D eigenvalue weighted by Crippen LogP contribution is 2.32. The topological polar surface area (TPSA) is 158 Å². The lowest BCUT2D eigenvalue weighted by Crippen LogP contribution is -2.58. The van der Waals surface area contributed by atoms with Crippen LogP contribution in [0.15, 0.2) is 60.0 Å². The molecule has 7 atom stereocenters. The molecule has 3 amide bonds. The largest absolute Gasteiger partial charge is 0.481 e. The van der Waals surface area contributed by atoms with Crippen molar-refractivity contribution in [3.63, 3.8) is 0 Å². The summed E-state index contributed by atoms with van der Waals surface area (Å²) in [5.74, 6) is -3.25. The normalized spacial score (nSPS) is 17.6. The predicted molar refractivity (Wildman–Crippen MR) is 226 cm³/mol. The number of nitrogens with one attached hydrogen (secondary N) is 2. The Morgan fingerprint density at radius 2 is 1.66 bits per heavy atom. The van der Waals surface area contributed by atoms with Crippen molar-refractivity contribution >= 4 is 41.0 Å². The van der Waals surface area contributed by atoms with Crippen LogP contribution in [0.1, 0.15) is 118 Å². The average molecular weight is 818 g/mol. The molecular formula is C45H63N5O7S. The third-order valence-electron chi connectivity index (χ3n) is 11.3. The molecule has 0 saturated carbocycles. The van der Waals surface area contributed by atoms with E-state index in [1.54, 1.807) is 12.3 Å². The Labute approximate surface area is 348 Å². The van der Waals surface area contributed by atoms with Gasteiger partial charge in [0, 0.05) is 37.4 Å². The Bertz CT molecular complexity index is 1820. The Morgan fingerprint density at radius 3 is 2.26 bits per heavy atom. The lowest BCUT2D eigenvalue weighted by Gasteiger charge is -2.40. The molecule has 12 nitrogen and oxygen atoms in total. The number of likely N-dealkylation sites (N-methyl/N-ethyl adjacent to an activating group) is 1. The number of piperidine rings is 1. The number of rotatable bonds is 20. The summed E-state index contributed by atoms with van der Waals surface area (Å²) in [4.78, 5) is 75.5. The number of nitrogens with zero attached hydrogens (tertiary/aromatic N) is 3. The number of hydrogen-bond acceptors (Lipinski definition) is 9. The van der Waals surface area contributed by atoms with E-state index < -0.39 is 48.0 Å². The maximum atomic E-state index is 15.0. The number of ether oxygens (including phenoxy) is 1. The van der Waals surface area contributed by atoms with Crippen LogP contribution in [0.3, 0.4) is 0 Å². The molecule has 0 radical (unpaired) electrons. The average Bonchev–Trinajstić information content (AvgIpc) is 3.69. The van der Waals surface area contributed by atoms with E-state index in [4.69, 9.17) is 4.74 Å². The van der Waals surface area contributed by atoms with Crippen LogP contribution in [0.2, 0.25) is 0 Å².